The van der Waals surface area contributed by atoms with Crippen LogP contribution in [0.15, 0.2) is 35.3 Å². The number of pyridine rings is 1. The van der Waals surface area contributed by atoms with Gasteiger partial charge in [0.2, 0.25) is 0 Å². The molecule has 0 saturated heterocycles. The third-order valence-corrected chi connectivity index (χ3v) is 3.53. The van der Waals surface area contributed by atoms with E-state index in [-0.39, 0.29) is 17.0 Å². The Bertz CT molecular complexity index is 903. The molecular weight excluding hydrogens is 268 g/mol. The Labute approximate surface area is 120 Å². The van der Waals surface area contributed by atoms with Gasteiger partial charge in [-0.3, -0.25) is 4.79 Å². The van der Waals surface area contributed by atoms with Crippen molar-refractivity contribution in [3.63, 3.8) is 0 Å². The zero-order valence-corrected chi connectivity index (χ0v) is 11.9. The Morgan fingerprint density at radius 3 is 2.71 bits per heavy atom. The highest BCUT2D eigenvalue weighted by Crippen LogP contribution is 2.26. The van der Waals surface area contributed by atoms with E-state index < -0.39 is 5.97 Å². The predicted molar refractivity (Wildman–Crippen MR) is 81.9 cm³/mol. The molecule has 0 bridgehead atoms. The summed E-state index contributed by atoms with van der Waals surface area (Å²) in [4.78, 5) is 27.2. The Balaban J connectivity index is 2.47. The summed E-state index contributed by atoms with van der Waals surface area (Å²) in [6.45, 7) is 4.47. The van der Waals surface area contributed by atoms with Gasteiger partial charge in [0.05, 0.1) is 5.56 Å². The number of para-hydroxylation sites is 1. The average molecular weight is 284 g/mol. The van der Waals surface area contributed by atoms with E-state index in [1.165, 1.54) is 10.8 Å². The summed E-state index contributed by atoms with van der Waals surface area (Å²) >= 11 is 0. The number of H-pyrrole nitrogens is 1. The van der Waals surface area contributed by atoms with Crippen LogP contribution in [-0.4, -0.2) is 20.6 Å². The van der Waals surface area contributed by atoms with Gasteiger partial charge in [-0.15, -0.1) is 0 Å². The van der Waals surface area contributed by atoms with E-state index >= 15 is 0 Å². The van der Waals surface area contributed by atoms with Gasteiger partial charge >= 0.3 is 5.97 Å². The molecule has 3 aromatic rings. The number of aromatic amines is 1. The van der Waals surface area contributed by atoms with Gasteiger partial charge in [0, 0.05) is 29.0 Å². The Morgan fingerprint density at radius 2 is 2.05 bits per heavy atom. The van der Waals surface area contributed by atoms with E-state index in [4.69, 9.17) is 0 Å². The van der Waals surface area contributed by atoms with Gasteiger partial charge in [-0.1, -0.05) is 32.0 Å². The van der Waals surface area contributed by atoms with E-state index in [1.54, 1.807) is 0 Å². The van der Waals surface area contributed by atoms with Crippen molar-refractivity contribution in [3.8, 4) is 0 Å². The normalized spacial score (nSPS) is 11.6. The maximum Gasteiger partial charge on any atom is 0.337 e. The lowest BCUT2D eigenvalue weighted by molar-refractivity contribution is 0.0698. The van der Waals surface area contributed by atoms with Crippen LogP contribution in [0.4, 0.5) is 0 Å². The fourth-order valence-electron chi connectivity index (χ4n) is 2.70. The molecular formula is C16H16N2O3. The quantitative estimate of drug-likeness (QED) is 0.776. The molecule has 0 spiro atoms. The number of fused-ring (bicyclic) bond motifs is 3. The smallest absolute Gasteiger partial charge is 0.337 e. The molecule has 0 radical (unpaired) electrons. The zero-order valence-electron chi connectivity index (χ0n) is 11.9. The first kappa shape index (κ1) is 13.4. The van der Waals surface area contributed by atoms with E-state index in [1.807, 2.05) is 38.1 Å². The molecule has 0 saturated carbocycles. The summed E-state index contributed by atoms with van der Waals surface area (Å²) in [5.74, 6) is -0.770. The maximum atomic E-state index is 12.5. The minimum Gasteiger partial charge on any atom is -0.478 e. The van der Waals surface area contributed by atoms with E-state index in [0.29, 0.717) is 17.4 Å². The fraction of sp³-hybridized carbons (Fsp3) is 0.250. The number of nitrogens with zero attached hydrogens (tertiary/aromatic N) is 1. The number of carbonyl (C=O) groups is 1. The van der Waals surface area contributed by atoms with Crippen LogP contribution in [0.3, 0.4) is 0 Å². The number of aromatic nitrogens is 2. The Morgan fingerprint density at radius 1 is 1.33 bits per heavy atom. The number of hydrogen-bond donors (Lipinski definition) is 2. The second kappa shape index (κ2) is 4.77. The summed E-state index contributed by atoms with van der Waals surface area (Å²) in [5.41, 5.74) is 1.11. The van der Waals surface area contributed by atoms with E-state index in [9.17, 15) is 14.7 Å². The molecule has 2 aromatic heterocycles. The lowest BCUT2D eigenvalue weighted by Crippen LogP contribution is -2.24. The molecule has 0 fully saturated rings. The van der Waals surface area contributed by atoms with Crippen LogP contribution in [0.2, 0.25) is 0 Å². The van der Waals surface area contributed by atoms with Crippen molar-refractivity contribution in [2.75, 3.05) is 0 Å². The van der Waals surface area contributed by atoms with Crippen molar-refractivity contribution >= 4 is 27.8 Å². The van der Waals surface area contributed by atoms with Gasteiger partial charge in [-0.05, 0) is 12.0 Å². The molecule has 0 atom stereocenters. The van der Waals surface area contributed by atoms with Crippen molar-refractivity contribution in [3.05, 3.63) is 46.4 Å². The molecule has 3 rings (SSSR count). The van der Waals surface area contributed by atoms with Gasteiger partial charge < -0.3 is 14.7 Å². The van der Waals surface area contributed by atoms with Crippen LogP contribution in [0.25, 0.3) is 21.8 Å². The number of carboxylic acid groups (broad SMARTS) is 1. The second-order valence-corrected chi connectivity index (χ2v) is 5.62. The molecule has 0 aliphatic heterocycles. The van der Waals surface area contributed by atoms with Crippen LogP contribution in [0.5, 0.6) is 0 Å². The lowest BCUT2D eigenvalue weighted by atomic mass is 10.1. The van der Waals surface area contributed by atoms with Crippen molar-refractivity contribution in [2.45, 2.75) is 20.4 Å². The minimum atomic E-state index is -1.03. The number of benzene rings is 1. The number of rotatable bonds is 3. The minimum absolute atomic E-state index is 0.155. The molecule has 0 amide bonds. The van der Waals surface area contributed by atoms with E-state index in [0.717, 1.165) is 10.9 Å². The first-order valence-corrected chi connectivity index (χ1v) is 6.86. The van der Waals surface area contributed by atoms with Crippen LogP contribution < -0.4 is 5.56 Å². The second-order valence-electron chi connectivity index (χ2n) is 5.62. The Hall–Kier alpha value is -2.56. The first-order chi connectivity index (χ1) is 9.99. The third-order valence-electron chi connectivity index (χ3n) is 3.53. The highest BCUT2D eigenvalue weighted by atomic mass is 16.4. The van der Waals surface area contributed by atoms with Crippen molar-refractivity contribution in [2.24, 2.45) is 5.92 Å². The number of aromatic carboxylic acids is 1. The number of nitrogens with one attached hydrogen (secondary N) is 1. The van der Waals surface area contributed by atoms with Crippen molar-refractivity contribution in [1.29, 1.82) is 0 Å². The summed E-state index contributed by atoms with van der Waals surface area (Å²) < 4.78 is 1.48. The van der Waals surface area contributed by atoms with Gasteiger partial charge in [0.15, 0.2) is 0 Å². The predicted octanol–water partition coefficient (Wildman–Crippen LogP) is 2.84. The molecule has 0 unspecified atom stereocenters. The van der Waals surface area contributed by atoms with Gasteiger partial charge in [-0.25, -0.2) is 4.79 Å². The summed E-state index contributed by atoms with van der Waals surface area (Å²) in [6.07, 6.45) is 1.45. The number of hydrogen-bond acceptors (Lipinski definition) is 2. The molecule has 2 heterocycles. The summed E-state index contributed by atoms with van der Waals surface area (Å²) in [5, 5.41) is 10.7. The van der Waals surface area contributed by atoms with Crippen LogP contribution in [0.1, 0.15) is 24.2 Å². The average Bonchev–Trinajstić information content (AvgIpc) is 2.81. The largest absolute Gasteiger partial charge is 0.478 e. The molecule has 108 valence electrons. The zero-order chi connectivity index (χ0) is 15.1. The molecule has 21 heavy (non-hydrogen) atoms. The molecule has 0 aliphatic rings. The third kappa shape index (κ3) is 2.11. The Kier molecular flexibility index (Phi) is 3.05. The molecule has 1 aromatic carbocycles. The van der Waals surface area contributed by atoms with Crippen molar-refractivity contribution < 1.29 is 9.90 Å². The molecule has 5 heteroatoms. The molecule has 0 aliphatic carbocycles. The highest BCUT2D eigenvalue weighted by molar-refractivity contribution is 6.15. The van der Waals surface area contributed by atoms with Gasteiger partial charge in [0.25, 0.3) is 5.56 Å². The molecule has 2 N–H and O–H groups in total. The van der Waals surface area contributed by atoms with Gasteiger partial charge in [-0.2, -0.15) is 0 Å². The first-order valence-electron chi connectivity index (χ1n) is 6.86. The molecule has 5 nitrogen and oxygen atoms in total. The SMILES string of the molecule is CC(C)Cn1cc(C(=O)O)c2c([nH]c3ccccc32)c1=O. The van der Waals surface area contributed by atoms with Crippen LogP contribution in [-0.2, 0) is 6.54 Å². The topological polar surface area (TPSA) is 75.1 Å². The van der Waals surface area contributed by atoms with Crippen molar-refractivity contribution in [1.82, 2.24) is 9.55 Å². The standard InChI is InChI=1S/C16H16N2O3/c1-9(2)7-18-8-11(16(20)21)13-10-5-3-4-6-12(10)17-14(13)15(18)19/h3-6,8-9,17H,7H2,1-2H3,(H,20,21). The fourth-order valence-corrected chi connectivity index (χ4v) is 2.70. The monoisotopic (exact) mass is 284 g/mol. The van der Waals surface area contributed by atoms with Crippen LogP contribution >= 0.6 is 0 Å². The van der Waals surface area contributed by atoms with Gasteiger partial charge in [0.1, 0.15) is 5.52 Å². The highest BCUT2D eigenvalue weighted by Gasteiger charge is 2.18. The summed E-state index contributed by atoms with van der Waals surface area (Å²) in [6, 6.07) is 7.35. The maximum absolute atomic E-state index is 12.5. The number of carboxylic acids is 1. The van der Waals surface area contributed by atoms with Crippen LogP contribution in [0, 0.1) is 5.92 Å². The van der Waals surface area contributed by atoms with E-state index in [2.05, 4.69) is 4.98 Å². The lowest BCUT2D eigenvalue weighted by Gasteiger charge is -2.10. The summed E-state index contributed by atoms with van der Waals surface area (Å²) in [7, 11) is 0.